The fourth-order valence-electron chi connectivity index (χ4n) is 4.82. The van der Waals surface area contributed by atoms with Crippen molar-refractivity contribution in [3.05, 3.63) is 12.7 Å². The quantitative estimate of drug-likeness (QED) is 0.0504. The number of thioether (sulfide) groups is 1. The van der Waals surface area contributed by atoms with Crippen molar-refractivity contribution in [2.24, 2.45) is 11.3 Å². The number of aliphatic hydroxyl groups is 3. The molecule has 5 unspecified atom stereocenters. The minimum absolute atomic E-state index is 0.0255. The van der Waals surface area contributed by atoms with E-state index in [2.05, 4.69) is 34.4 Å². The van der Waals surface area contributed by atoms with Gasteiger partial charge in [0.25, 0.3) is 0 Å². The zero-order valence-electron chi connectivity index (χ0n) is 30.4. The highest BCUT2D eigenvalue weighted by Crippen LogP contribution is 2.61. The molecule has 1 fully saturated rings. The van der Waals surface area contributed by atoms with Crippen molar-refractivity contribution in [3.63, 3.8) is 0 Å². The minimum Gasteiger partial charge on any atom is -0.386 e. The van der Waals surface area contributed by atoms with Crippen molar-refractivity contribution in [2.45, 2.75) is 77.3 Å². The molecule has 2 aromatic heterocycles. The second kappa shape index (κ2) is 20.0. The Morgan fingerprint density at radius 1 is 1.05 bits per heavy atom. The number of hydrogen-bond donors (Lipinski definition) is 10. The number of ether oxygens (including phenoxy) is 1. The van der Waals surface area contributed by atoms with Gasteiger partial charge in [-0.25, -0.2) is 28.6 Å². The molecule has 3 rings (SSSR count). The van der Waals surface area contributed by atoms with Crippen molar-refractivity contribution in [1.82, 2.24) is 30.2 Å². The summed E-state index contributed by atoms with van der Waals surface area (Å²) in [6.07, 6.45) is -7.50. The monoisotopic (exact) mass is 881 g/mol. The number of phosphoric acid groups is 3. The molecule has 25 nitrogen and oxygen atoms in total. The second-order valence-electron chi connectivity index (χ2n) is 13.1. The number of amides is 2. The lowest BCUT2D eigenvalue weighted by Gasteiger charge is -2.30. The standard InChI is InChI=1S/C27H46N7O18P3S/c1-5-14(2)18(36)26(40)56-9-8-29-16(35)6-7-30-24(39)21(38)27(3,4)11-49-55(46,47)52-54(44,45)48-10-15-20(51-53(41,42)43)19(37)25(50-15)34-13-33-17-22(28)31-12-32-23(17)34/h12-15,18-21,25,36-38H,5-11H2,1-4H3,(H,29,35)(H,30,39)(H,44,45)(H,46,47)(H2,28,31,32)(H2,41,42,43)/t14?,15-,18?,19-,20-,21?,25-/m1/s1. The van der Waals surface area contributed by atoms with E-state index in [1.165, 1.54) is 13.8 Å². The van der Waals surface area contributed by atoms with Gasteiger partial charge in [0.1, 0.15) is 42.4 Å². The van der Waals surface area contributed by atoms with Gasteiger partial charge in [-0.15, -0.1) is 0 Å². The molecule has 1 aliphatic heterocycles. The molecule has 0 aliphatic carbocycles. The van der Waals surface area contributed by atoms with E-state index in [9.17, 15) is 63.0 Å². The van der Waals surface area contributed by atoms with Crippen LogP contribution < -0.4 is 16.4 Å². The Labute approximate surface area is 323 Å². The van der Waals surface area contributed by atoms with Crippen LogP contribution in [0.25, 0.3) is 11.2 Å². The molecule has 11 N–H and O–H groups in total. The Bertz CT molecular complexity index is 1830. The molecule has 0 saturated carbocycles. The first-order chi connectivity index (χ1) is 25.9. The summed E-state index contributed by atoms with van der Waals surface area (Å²) in [5.74, 6) is -1.53. The van der Waals surface area contributed by atoms with Crippen molar-refractivity contribution in [3.8, 4) is 0 Å². The Hall–Kier alpha value is -2.48. The highest BCUT2D eigenvalue weighted by atomic mass is 32.2. The number of nitrogens with one attached hydrogen (secondary N) is 2. The van der Waals surface area contributed by atoms with Gasteiger partial charge in [0.2, 0.25) is 16.9 Å². The lowest BCUT2D eigenvalue weighted by atomic mass is 9.87. The Morgan fingerprint density at radius 2 is 1.71 bits per heavy atom. The third-order valence-corrected chi connectivity index (χ3v) is 12.2. The first kappa shape index (κ1) is 47.9. The van der Waals surface area contributed by atoms with E-state index in [4.69, 9.17) is 19.5 Å². The average molecular weight is 882 g/mol. The van der Waals surface area contributed by atoms with E-state index in [0.717, 1.165) is 29.0 Å². The van der Waals surface area contributed by atoms with Crippen molar-refractivity contribution < 1.29 is 85.6 Å². The molecule has 2 amide bonds. The largest absolute Gasteiger partial charge is 0.481 e. The maximum Gasteiger partial charge on any atom is 0.481 e. The average Bonchev–Trinajstić information content (AvgIpc) is 3.67. The van der Waals surface area contributed by atoms with E-state index in [1.807, 2.05) is 6.92 Å². The van der Waals surface area contributed by atoms with E-state index in [1.54, 1.807) is 6.92 Å². The predicted octanol–water partition coefficient (Wildman–Crippen LogP) is -0.928. The van der Waals surface area contributed by atoms with Gasteiger partial charge in [-0.3, -0.25) is 32.5 Å². The number of carbonyl (C=O) groups is 3. The highest BCUT2D eigenvalue weighted by Gasteiger charge is 2.50. The summed E-state index contributed by atoms with van der Waals surface area (Å²) < 4.78 is 62.0. The van der Waals surface area contributed by atoms with Gasteiger partial charge >= 0.3 is 23.5 Å². The topological polar surface area (TPSA) is 384 Å². The zero-order chi connectivity index (χ0) is 42.2. The van der Waals surface area contributed by atoms with Gasteiger partial charge in [-0.05, 0) is 5.92 Å². The molecule has 9 atom stereocenters. The number of anilines is 1. The number of aromatic nitrogens is 4. The number of nitrogens with zero attached hydrogens (tertiary/aromatic N) is 4. The Kier molecular flexibility index (Phi) is 17.1. The third-order valence-electron chi connectivity index (χ3n) is 8.17. The number of imidazole rings is 1. The van der Waals surface area contributed by atoms with Crippen molar-refractivity contribution in [2.75, 3.05) is 37.8 Å². The molecule has 3 heterocycles. The number of aliphatic hydroxyl groups excluding tert-OH is 3. The first-order valence-electron chi connectivity index (χ1n) is 16.6. The summed E-state index contributed by atoms with van der Waals surface area (Å²) in [5.41, 5.74) is 4.23. The van der Waals surface area contributed by atoms with Crippen molar-refractivity contribution in [1.29, 1.82) is 0 Å². The fraction of sp³-hybridized carbons (Fsp3) is 0.704. The van der Waals surface area contributed by atoms with Gasteiger partial charge in [0, 0.05) is 30.7 Å². The molecule has 29 heteroatoms. The second-order valence-corrected chi connectivity index (χ2v) is 18.4. The third kappa shape index (κ3) is 13.8. The number of nitrogen functional groups attached to an aromatic ring is 1. The number of carbonyl (C=O) groups excluding carboxylic acids is 3. The van der Waals surface area contributed by atoms with E-state index >= 15 is 0 Å². The number of rotatable bonds is 22. The normalized spacial score (nSPS) is 22.8. The molecular weight excluding hydrogens is 835 g/mol. The lowest BCUT2D eigenvalue weighted by Crippen LogP contribution is -2.46. The first-order valence-corrected chi connectivity index (χ1v) is 22.1. The molecule has 0 spiro atoms. The van der Waals surface area contributed by atoms with Gasteiger partial charge < -0.3 is 56.0 Å². The van der Waals surface area contributed by atoms with E-state index in [0.29, 0.717) is 6.42 Å². The molecule has 318 valence electrons. The molecule has 0 bridgehead atoms. The maximum atomic E-state index is 12.7. The molecule has 0 aromatic carbocycles. The van der Waals surface area contributed by atoms with Crippen LogP contribution in [0.1, 0.15) is 46.8 Å². The van der Waals surface area contributed by atoms with Gasteiger partial charge in [-0.2, -0.15) is 4.31 Å². The predicted molar refractivity (Wildman–Crippen MR) is 193 cm³/mol. The van der Waals surface area contributed by atoms with Crippen LogP contribution in [0.3, 0.4) is 0 Å². The zero-order valence-corrected chi connectivity index (χ0v) is 33.9. The van der Waals surface area contributed by atoms with E-state index in [-0.39, 0.29) is 48.2 Å². The molecule has 56 heavy (non-hydrogen) atoms. The van der Waals surface area contributed by atoms with Crippen molar-refractivity contribution >= 4 is 69.1 Å². The van der Waals surface area contributed by atoms with Crippen LogP contribution >= 0.6 is 35.2 Å². The summed E-state index contributed by atoms with van der Waals surface area (Å²) >= 11 is 0.872. The van der Waals surface area contributed by atoms with Crippen LogP contribution in [0.5, 0.6) is 0 Å². The fourth-order valence-corrected chi connectivity index (χ4v) is 8.46. The summed E-state index contributed by atoms with van der Waals surface area (Å²) in [6.45, 7) is 3.89. The summed E-state index contributed by atoms with van der Waals surface area (Å²) in [4.78, 5) is 87.5. The van der Waals surface area contributed by atoms with Crippen LogP contribution in [0.2, 0.25) is 0 Å². The highest BCUT2D eigenvalue weighted by molar-refractivity contribution is 8.13. The van der Waals surface area contributed by atoms with Crippen LogP contribution in [0.4, 0.5) is 5.82 Å². The van der Waals surface area contributed by atoms with Crippen LogP contribution in [-0.4, -0.2) is 134 Å². The molecular formula is C27H46N7O18P3S. The lowest BCUT2D eigenvalue weighted by molar-refractivity contribution is -0.137. The van der Waals surface area contributed by atoms with Crippen LogP contribution in [0, 0.1) is 11.3 Å². The number of nitrogens with two attached hydrogens (primary N) is 1. The molecule has 2 aromatic rings. The number of hydrogen-bond acceptors (Lipinski definition) is 19. The number of fused-ring (bicyclic) bond motifs is 1. The Morgan fingerprint density at radius 3 is 2.36 bits per heavy atom. The summed E-state index contributed by atoms with van der Waals surface area (Å²) in [6, 6.07) is 0. The molecule has 1 aliphatic rings. The van der Waals surface area contributed by atoms with Crippen LogP contribution in [0.15, 0.2) is 12.7 Å². The SMILES string of the molecule is CCC(C)C(O)C(=O)SCCNC(=O)CCNC(=O)C(O)C(C)(C)COP(=O)(O)OP(=O)(O)OC[C@H]1O[C@@H](n2cnc3c(N)ncnc32)[C@H](O)[C@@H]1OP(=O)(O)O. The van der Waals surface area contributed by atoms with Gasteiger partial charge in [0.15, 0.2) is 17.7 Å². The molecule has 1 saturated heterocycles. The van der Waals surface area contributed by atoms with E-state index < -0.39 is 95.8 Å². The van der Waals surface area contributed by atoms with Gasteiger partial charge in [-0.1, -0.05) is 45.9 Å². The van der Waals surface area contributed by atoms with Crippen LogP contribution in [-0.2, 0) is 50.7 Å². The summed E-state index contributed by atoms with van der Waals surface area (Å²) in [7, 11) is -16.4. The number of phosphoric ester groups is 3. The van der Waals surface area contributed by atoms with Gasteiger partial charge in [0.05, 0.1) is 19.5 Å². The molecule has 0 radical (unpaired) electrons. The summed E-state index contributed by atoms with van der Waals surface area (Å²) in [5, 5.41) is 35.8. The minimum atomic E-state index is -5.58. The Balaban J connectivity index is 1.49. The smallest absolute Gasteiger partial charge is 0.386 e. The maximum absolute atomic E-state index is 12.7.